The molecule has 27 heavy (non-hydrogen) atoms. The van der Waals surface area contributed by atoms with Gasteiger partial charge < -0.3 is 0 Å². The lowest BCUT2D eigenvalue weighted by atomic mass is 10.1. The topological polar surface area (TPSA) is 72.2 Å². The van der Waals surface area contributed by atoms with E-state index >= 15 is 0 Å². The number of halogens is 5. The van der Waals surface area contributed by atoms with E-state index in [1.54, 1.807) is 24.3 Å². The second-order valence-electron chi connectivity index (χ2n) is 5.93. The summed E-state index contributed by atoms with van der Waals surface area (Å²) in [7, 11) is 0. The van der Waals surface area contributed by atoms with E-state index in [2.05, 4.69) is 5.43 Å². The fraction of sp³-hybridized carbons (Fsp3) is 0.222. The van der Waals surface area contributed by atoms with Crippen LogP contribution in [-0.2, 0) is 0 Å². The third-order valence-corrected chi connectivity index (χ3v) is 3.23. The Morgan fingerprint density at radius 2 is 1.48 bits per heavy atom. The molecule has 0 aromatic heterocycles. The summed E-state index contributed by atoms with van der Waals surface area (Å²) in [6, 6.07) is 12.4. The first-order valence-corrected chi connectivity index (χ1v) is 8.49. The smallest absolute Gasteiger partial charge is 0.255 e. The molecule has 0 aliphatic heterocycles. The van der Waals surface area contributed by atoms with E-state index in [4.69, 9.17) is 40.6 Å². The molecule has 0 radical (unpaired) electrons. The molecule has 0 bridgehead atoms. The number of carbonyl (C=O) groups excluding carboxylic acids is 2. The maximum absolute atomic E-state index is 12.7. The molecular weight excluding hydrogens is 437 g/mol. The molecule has 0 saturated carbocycles. The average molecular weight is 458 g/mol. The Morgan fingerprint density at radius 3 is 1.78 bits per heavy atom. The lowest BCUT2D eigenvalue weighted by Gasteiger charge is -2.14. The monoisotopic (exact) mass is 456 g/mol. The molecule has 0 amide bonds. The van der Waals surface area contributed by atoms with Crippen LogP contribution in [0, 0.1) is 5.82 Å². The molecule has 150 valence electrons. The summed E-state index contributed by atoms with van der Waals surface area (Å²) in [5, 5.41) is -0.987. The van der Waals surface area contributed by atoms with Crippen LogP contribution in [0.4, 0.5) is 4.39 Å². The van der Waals surface area contributed by atoms with Crippen molar-refractivity contribution in [2.75, 3.05) is 0 Å². The number of benzene rings is 2. The number of nitrogens with two attached hydrogens (primary N) is 1. The molecular formula is C18H21Cl4FN2O2. The van der Waals surface area contributed by atoms with Crippen molar-refractivity contribution in [1.29, 1.82) is 0 Å². The third-order valence-electron chi connectivity index (χ3n) is 2.58. The zero-order valence-corrected chi connectivity index (χ0v) is 18.0. The fourth-order valence-electron chi connectivity index (χ4n) is 1.22. The minimum Gasteiger partial charge on any atom is -0.276 e. The van der Waals surface area contributed by atoms with Gasteiger partial charge in [-0.15, -0.1) is 12.4 Å². The van der Waals surface area contributed by atoms with Crippen molar-refractivity contribution in [1.82, 2.24) is 5.43 Å². The van der Waals surface area contributed by atoms with Gasteiger partial charge in [0.2, 0.25) is 0 Å². The molecule has 0 fully saturated rings. The molecule has 2 rings (SSSR count). The molecule has 0 spiro atoms. The summed E-state index contributed by atoms with van der Waals surface area (Å²) >= 11 is 15.6. The van der Waals surface area contributed by atoms with Crippen molar-refractivity contribution in [3.05, 3.63) is 70.5 Å². The summed E-state index contributed by atoms with van der Waals surface area (Å²) in [6.45, 7) is 6.02. The average Bonchev–Trinajstić information content (AvgIpc) is 2.55. The van der Waals surface area contributed by atoms with Crippen molar-refractivity contribution in [3.63, 3.8) is 0 Å². The van der Waals surface area contributed by atoms with Gasteiger partial charge in [-0.25, -0.2) is 4.39 Å². The number of carbonyl (C=O) groups is 2. The molecule has 2 aromatic carbocycles. The standard InChI is InChI=1S/C7H3Cl2FO.C7H5ClO.C4H12N2.ClH/c8-4-1-2-5(7(9)11)6(10)3-4;8-7(9)6-4-2-1-3-5-6;1-4(2,3)6-5;/h1-3H;1-5H;6H,5H2,1-3H3;1H. The van der Waals surface area contributed by atoms with Crippen molar-refractivity contribution < 1.29 is 14.0 Å². The lowest BCUT2D eigenvalue weighted by molar-refractivity contribution is 0.107. The van der Waals surface area contributed by atoms with Gasteiger partial charge in [-0.05, 0) is 62.2 Å². The Morgan fingerprint density at radius 1 is 1.00 bits per heavy atom. The number of hydrogen-bond acceptors (Lipinski definition) is 4. The first-order valence-electron chi connectivity index (χ1n) is 7.35. The maximum atomic E-state index is 12.7. The second kappa shape index (κ2) is 13.9. The van der Waals surface area contributed by atoms with Gasteiger partial charge in [0, 0.05) is 16.1 Å². The summed E-state index contributed by atoms with van der Waals surface area (Å²) in [5.74, 6) is 4.36. The van der Waals surface area contributed by atoms with Gasteiger partial charge in [0.05, 0.1) is 5.56 Å². The van der Waals surface area contributed by atoms with E-state index in [9.17, 15) is 14.0 Å². The Balaban J connectivity index is 0. The first-order chi connectivity index (χ1) is 12.0. The van der Waals surface area contributed by atoms with E-state index in [0.717, 1.165) is 6.07 Å². The molecule has 0 atom stereocenters. The van der Waals surface area contributed by atoms with Crippen LogP contribution in [0.5, 0.6) is 0 Å². The van der Waals surface area contributed by atoms with Crippen LogP contribution >= 0.6 is 47.2 Å². The minimum atomic E-state index is -0.820. The zero-order chi connectivity index (χ0) is 20.3. The largest absolute Gasteiger partial charge is 0.276 e. The molecule has 0 aliphatic rings. The number of nitrogens with one attached hydrogen (secondary N) is 1. The van der Waals surface area contributed by atoms with Crippen LogP contribution in [0.3, 0.4) is 0 Å². The molecule has 0 aliphatic carbocycles. The predicted molar refractivity (Wildman–Crippen MR) is 113 cm³/mol. The highest BCUT2D eigenvalue weighted by molar-refractivity contribution is 6.68. The Bertz CT molecular complexity index is 723. The Kier molecular flexibility index (Phi) is 14.4. The van der Waals surface area contributed by atoms with Crippen LogP contribution in [-0.4, -0.2) is 16.0 Å². The third kappa shape index (κ3) is 13.6. The van der Waals surface area contributed by atoms with E-state index in [0.29, 0.717) is 5.56 Å². The van der Waals surface area contributed by atoms with Gasteiger partial charge in [0.1, 0.15) is 5.82 Å². The highest BCUT2D eigenvalue weighted by Crippen LogP contribution is 2.15. The van der Waals surface area contributed by atoms with Crippen molar-refractivity contribution in [2.45, 2.75) is 26.3 Å². The zero-order valence-electron chi connectivity index (χ0n) is 14.9. The molecule has 2 aromatic rings. The van der Waals surface area contributed by atoms with E-state index in [-0.39, 0.29) is 28.5 Å². The van der Waals surface area contributed by atoms with Gasteiger partial charge in [-0.2, -0.15) is 0 Å². The van der Waals surface area contributed by atoms with Crippen molar-refractivity contribution in [2.24, 2.45) is 5.84 Å². The highest BCUT2D eigenvalue weighted by Gasteiger charge is 2.08. The summed E-state index contributed by atoms with van der Waals surface area (Å²) in [5.41, 5.74) is 3.06. The Hall–Kier alpha value is -1.21. The molecule has 0 unspecified atom stereocenters. The minimum absolute atomic E-state index is 0. The van der Waals surface area contributed by atoms with Gasteiger partial charge in [0.25, 0.3) is 10.5 Å². The highest BCUT2D eigenvalue weighted by atomic mass is 35.5. The van der Waals surface area contributed by atoms with Crippen LogP contribution in [0.15, 0.2) is 48.5 Å². The van der Waals surface area contributed by atoms with E-state index in [1.807, 2.05) is 26.8 Å². The molecule has 0 heterocycles. The second-order valence-corrected chi connectivity index (χ2v) is 7.05. The fourth-order valence-corrected chi connectivity index (χ4v) is 1.66. The van der Waals surface area contributed by atoms with E-state index in [1.165, 1.54) is 12.1 Å². The van der Waals surface area contributed by atoms with E-state index < -0.39 is 16.3 Å². The number of hydrazine groups is 1. The number of hydrogen-bond donors (Lipinski definition) is 2. The van der Waals surface area contributed by atoms with Gasteiger partial charge >= 0.3 is 0 Å². The SMILES string of the molecule is CC(C)(C)NN.Cl.O=C(Cl)c1ccc(Cl)cc1F.O=C(Cl)c1ccccc1. The van der Waals surface area contributed by atoms with Gasteiger partial charge in [-0.3, -0.25) is 20.9 Å². The van der Waals surface area contributed by atoms with Crippen LogP contribution < -0.4 is 11.3 Å². The summed E-state index contributed by atoms with van der Waals surface area (Å²) < 4.78 is 12.7. The molecule has 4 nitrogen and oxygen atoms in total. The lowest BCUT2D eigenvalue weighted by Crippen LogP contribution is -2.41. The predicted octanol–water partition coefficient (Wildman–Crippen LogP) is 5.59. The maximum Gasteiger partial charge on any atom is 0.255 e. The van der Waals surface area contributed by atoms with Crippen molar-refractivity contribution in [3.8, 4) is 0 Å². The summed E-state index contributed by atoms with van der Waals surface area (Å²) in [4.78, 5) is 20.9. The molecule has 9 heteroatoms. The van der Waals surface area contributed by atoms with Crippen molar-refractivity contribution >= 4 is 57.7 Å². The van der Waals surface area contributed by atoms with Crippen LogP contribution in [0.25, 0.3) is 0 Å². The van der Waals surface area contributed by atoms with Crippen LogP contribution in [0.1, 0.15) is 41.5 Å². The molecule has 0 saturated heterocycles. The molecule has 3 N–H and O–H groups in total. The normalized spacial score (nSPS) is 9.63. The number of rotatable bonds is 2. The van der Waals surface area contributed by atoms with Gasteiger partial charge in [0.15, 0.2) is 0 Å². The Labute approximate surface area is 179 Å². The quantitative estimate of drug-likeness (QED) is 0.350. The summed E-state index contributed by atoms with van der Waals surface area (Å²) in [6.07, 6.45) is 0. The first kappa shape index (κ1) is 28.0. The van der Waals surface area contributed by atoms with Gasteiger partial charge in [-0.1, -0.05) is 41.9 Å². The van der Waals surface area contributed by atoms with Crippen LogP contribution in [0.2, 0.25) is 5.02 Å².